The van der Waals surface area contributed by atoms with Crippen molar-refractivity contribution in [1.29, 1.82) is 0 Å². The molecular weight excluding hydrogens is 294 g/mol. The van der Waals surface area contributed by atoms with Crippen LogP contribution in [0.25, 0.3) is 0 Å². The zero-order valence-electron chi connectivity index (χ0n) is 13.7. The van der Waals surface area contributed by atoms with E-state index < -0.39 is 0 Å². The lowest BCUT2D eigenvalue weighted by Gasteiger charge is -2.48. The summed E-state index contributed by atoms with van der Waals surface area (Å²) in [7, 11) is 1.67. The van der Waals surface area contributed by atoms with E-state index in [1.807, 2.05) is 4.90 Å². The van der Waals surface area contributed by atoms with E-state index in [0.717, 1.165) is 38.9 Å². The van der Waals surface area contributed by atoms with Gasteiger partial charge in [0, 0.05) is 51.3 Å². The molecule has 0 aliphatic carbocycles. The SMILES string of the molecule is COCCN1C[C@@]2(CCCN(c3nccc(N)n3)C2)CCC1=O. The lowest BCUT2D eigenvalue weighted by Crippen LogP contribution is -2.54. The van der Waals surface area contributed by atoms with Crippen LogP contribution in [-0.4, -0.2) is 60.7 Å². The second kappa shape index (κ2) is 6.70. The molecule has 2 saturated heterocycles. The maximum atomic E-state index is 12.1. The number of rotatable bonds is 4. The zero-order valence-corrected chi connectivity index (χ0v) is 13.7. The van der Waals surface area contributed by atoms with Crippen LogP contribution in [0.4, 0.5) is 11.8 Å². The number of hydrogen-bond acceptors (Lipinski definition) is 6. The first kappa shape index (κ1) is 16.0. The van der Waals surface area contributed by atoms with Crippen molar-refractivity contribution < 1.29 is 9.53 Å². The molecule has 2 fully saturated rings. The van der Waals surface area contributed by atoms with E-state index in [2.05, 4.69) is 14.9 Å². The van der Waals surface area contributed by atoms with Gasteiger partial charge in [-0.3, -0.25) is 4.79 Å². The number of carbonyl (C=O) groups excluding carboxylic acids is 1. The van der Waals surface area contributed by atoms with Crippen molar-refractivity contribution in [3.63, 3.8) is 0 Å². The van der Waals surface area contributed by atoms with Crippen LogP contribution in [0, 0.1) is 5.41 Å². The standard InChI is InChI=1S/C16H25N5O2/c1-23-10-9-20-11-16(6-3-14(20)22)5-2-8-21(12-16)15-18-7-4-13(17)19-15/h4,7H,2-3,5-6,8-12H2,1H3,(H2,17,18,19)/t16-/m1/s1. The lowest BCUT2D eigenvalue weighted by atomic mass is 9.73. The van der Waals surface area contributed by atoms with Crippen LogP contribution < -0.4 is 10.6 Å². The summed E-state index contributed by atoms with van der Waals surface area (Å²) in [6, 6.07) is 1.70. The van der Waals surface area contributed by atoms with E-state index in [4.69, 9.17) is 10.5 Å². The average Bonchev–Trinajstić information content (AvgIpc) is 2.56. The van der Waals surface area contributed by atoms with Crippen LogP contribution in [0.15, 0.2) is 12.3 Å². The number of anilines is 2. The minimum Gasteiger partial charge on any atom is -0.384 e. The minimum absolute atomic E-state index is 0.133. The Morgan fingerprint density at radius 1 is 1.39 bits per heavy atom. The predicted molar refractivity (Wildman–Crippen MR) is 88.0 cm³/mol. The Balaban J connectivity index is 1.72. The average molecular weight is 319 g/mol. The van der Waals surface area contributed by atoms with Gasteiger partial charge in [-0.2, -0.15) is 4.98 Å². The molecule has 0 saturated carbocycles. The van der Waals surface area contributed by atoms with Gasteiger partial charge in [-0.05, 0) is 25.3 Å². The topological polar surface area (TPSA) is 84.6 Å². The molecule has 2 aliphatic heterocycles. The summed E-state index contributed by atoms with van der Waals surface area (Å²) in [5.41, 5.74) is 5.92. The highest BCUT2D eigenvalue weighted by Gasteiger charge is 2.42. The summed E-state index contributed by atoms with van der Waals surface area (Å²) >= 11 is 0. The molecule has 3 rings (SSSR count). The maximum Gasteiger partial charge on any atom is 0.227 e. The number of hydrogen-bond donors (Lipinski definition) is 1. The summed E-state index contributed by atoms with van der Waals surface area (Å²) in [6.07, 6.45) is 5.49. The molecule has 1 aromatic heterocycles. The Morgan fingerprint density at radius 2 is 2.26 bits per heavy atom. The van der Waals surface area contributed by atoms with Crippen LogP contribution in [0.1, 0.15) is 25.7 Å². The lowest BCUT2D eigenvalue weighted by molar-refractivity contribution is -0.138. The number of ether oxygens (including phenoxy) is 1. The van der Waals surface area contributed by atoms with Gasteiger partial charge in [-0.1, -0.05) is 0 Å². The monoisotopic (exact) mass is 319 g/mol. The summed E-state index contributed by atoms with van der Waals surface area (Å²) in [6.45, 7) is 3.88. The molecular formula is C16H25N5O2. The highest BCUT2D eigenvalue weighted by atomic mass is 16.5. The van der Waals surface area contributed by atoms with Crippen molar-refractivity contribution in [2.45, 2.75) is 25.7 Å². The molecule has 1 spiro atoms. The van der Waals surface area contributed by atoms with Gasteiger partial charge in [-0.25, -0.2) is 4.98 Å². The van der Waals surface area contributed by atoms with E-state index in [9.17, 15) is 4.79 Å². The van der Waals surface area contributed by atoms with Crippen molar-refractivity contribution in [2.24, 2.45) is 5.41 Å². The normalized spacial score (nSPS) is 25.2. The molecule has 126 valence electrons. The first-order valence-corrected chi connectivity index (χ1v) is 8.22. The predicted octanol–water partition coefficient (Wildman–Crippen LogP) is 0.914. The zero-order chi connectivity index (χ0) is 16.3. The van der Waals surface area contributed by atoms with Crippen molar-refractivity contribution in [2.75, 3.05) is 50.5 Å². The summed E-state index contributed by atoms with van der Waals surface area (Å²) < 4.78 is 5.13. The number of nitrogens with two attached hydrogens (primary N) is 1. The van der Waals surface area contributed by atoms with Crippen molar-refractivity contribution in [3.8, 4) is 0 Å². The van der Waals surface area contributed by atoms with Gasteiger partial charge >= 0.3 is 0 Å². The van der Waals surface area contributed by atoms with Crippen molar-refractivity contribution in [3.05, 3.63) is 12.3 Å². The van der Waals surface area contributed by atoms with Crippen LogP contribution in [0.5, 0.6) is 0 Å². The molecule has 0 aromatic carbocycles. The minimum atomic E-state index is 0.133. The van der Waals surface area contributed by atoms with Gasteiger partial charge in [-0.15, -0.1) is 0 Å². The van der Waals surface area contributed by atoms with Gasteiger partial charge < -0.3 is 20.3 Å². The summed E-state index contributed by atoms with van der Waals surface area (Å²) in [5.74, 6) is 1.43. The molecule has 2 N–H and O–H groups in total. The third-order valence-corrected chi connectivity index (χ3v) is 4.92. The van der Waals surface area contributed by atoms with Crippen molar-refractivity contribution in [1.82, 2.24) is 14.9 Å². The van der Waals surface area contributed by atoms with Gasteiger partial charge in [0.05, 0.1) is 6.61 Å². The molecule has 0 bridgehead atoms. The maximum absolute atomic E-state index is 12.1. The fourth-order valence-corrected chi connectivity index (χ4v) is 3.73. The Kier molecular flexibility index (Phi) is 4.66. The van der Waals surface area contributed by atoms with E-state index in [0.29, 0.717) is 31.3 Å². The molecule has 0 radical (unpaired) electrons. The first-order valence-electron chi connectivity index (χ1n) is 8.22. The van der Waals surface area contributed by atoms with Crippen LogP contribution in [-0.2, 0) is 9.53 Å². The van der Waals surface area contributed by atoms with E-state index >= 15 is 0 Å². The largest absolute Gasteiger partial charge is 0.384 e. The van der Waals surface area contributed by atoms with Crippen LogP contribution >= 0.6 is 0 Å². The quantitative estimate of drug-likeness (QED) is 0.888. The van der Waals surface area contributed by atoms with Crippen LogP contribution in [0.3, 0.4) is 0 Å². The molecule has 1 aromatic rings. The van der Waals surface area contributed by atoms with E-state index in [1.54, 1.807) is 19.4 Å². The summed E-state index contributed by atoms with van der Waals surface area (Å²) in [4.78, 5) is 25.0. The number of nitrogens with zero attached hydrogens (tertiary/aromatic N) is 4. The smallest absolute Gasteiger partial charge is 0.227 e. The number of likely N-dealkylation sites (tertiary alicyclic amines) is 1. The molecule has 23 heavy (non-hydrogen) atoms. The number of methoxy groups -OCH3 is 1. The third kappa shape index (κ3) is 3.55. The fourth-order valence-electron chi connectivity index (χ4n) is 3.73. The molecule has 7 nitrogen and oxygen atoms in total. The number of nitrogen functional groups attached to an aromatic ring is 1. The van der Waals surface area contributed by atoms with Gasteiger partial charge in [0.1, 0.15) is 5.82 Å². The highest BCUT2D eigenvalue weighted by Crippen LogP contribution is 2.39. The third-order valence-electron chi connectivity index (χ3n) is 4.92. The van der Waals surface area contributed by atoms with Gasteiger partial charge in [0.2, 0.25) is 11.9 Å². The first-order chi connectivity index (χ1) is 11.1. The van der Waals surface area contributed by atoms with E-state index in [-0.39, 0.29) is 11.3 Å². The highest BCUT2D eigenvalue weighted by molar-refractivity contribution is 5.77. The number of carbonyl (C=O) groups is 1. The Labute approximate surface area is 136 Å². The van der Waals surface area contributed by atoms with E-state index in [1.165, 1.54) is 0 Å². The van der Waals surface area contributed by atoms with Crippen molar-refractivity contribution >= 4 is 17.7 Å². The second-order valence-electron chi connectivity index (χ2n) is 6.61. The molecule has 3 heterocycles. The molecule has 7 heteroatoms. The number of aromatic nitrogens is 2. The number of piperidine rings is 2. The number of amides is 1. The molecule has 2 aliphatic rings. The molecule has 0 unspecified atom stereocenters. The Morgan fingerprint density at radius 3 is 3.04 bits per heavy atom. The second-order valence-corrected chi connectivity index (χ2v) is 6.61. The summed E-state index contributed by atoms with van der Waals surface area (Å²) in [5, 5.41) is 0. The Hall–Kier alpha value is -1.89. The van der Waals surface area contributed by atoms with Gasteiger partial charge in [0.25, 0.3) is 0 Å². The molecule has 1 atom stereocenters. The van der Waals surface area contributed by atoms with Gasteiger partial charge in [0.15, 0.2) is 0 Å². The van der Waals surface area contributed by atoms with Crippen LogP contribution in [0.2, 0.25) is 0 Å². The molecule has 1 amide bonds. The Bertz CT molecular complexity index is 567. The fraction of sp³-hybridized carbons (Fsp3) is 0.688.